The molecule has 1 atom stereocenters. The van der Waals surface area contributed by atoms with Crippen LogP contribution in [0.25, 0.3) is 5.69 Å². The van der Waals surface area contributed by atoms with Gasteiger partial charge in [-0.2, -0.15) is 5.10 Å². The second kappa shape index (κ2) is 12.8. The lowest BCUT2D eigenvalue weighted by Gasteiger charge is -2.33. The van der Waals surface area contributed by atoms with Crippen LogP contribution in [0.5, 0.6) is 5.75 Å². The molecule has 2 aliphatic heterocycles. The molecule has 0 spiro atoms. The largest absolute Gasteiger partial charge is 0.482 e. The molecule has 0 aliphatic carbocycles. The zero-order valence-electron chi connectivity index (χ0n) is 23.9. The lowest BCUT2D eigenvalue weighted by molar-refractivity contribution is -0.139. The summed E-state index contributed by atoms with van der Waals surface area (Å²) in [4.78, 5) is 29.0. The Morgan fingerprint density at radius 1 is 0.884 bits per heavy atom. The third kappa shape index (κ3) is 6.62. The predicted octanol–water partition coefficient (Wildman–Crippen LogP) is 5.48. The quantitative estimate of drug-likeness (QED) is 0.281. The smallest absolute Gasteiger partial charge is 0.341 e. The first-order chi connectivity index (χ1) is 20.9. The molecule has 0 radical (unpaired) electrons. The highest BCUT2D eigenvalue weighted by molar-refractivity contribution is 5.95. The SMILES string of the molecule is O=C(O)COc1ccc(CN2CCC(c3c(C(=O)N4CCC(c5ccccc5)C4)cnn3-c3ccc(F)cc3)CC2)cc1. The van der Waals surface area contributed by atoms with Crippen molar-refractivity contribution in [3.05, 3.63) is 113 Å². The maximum Gasteiger partial charge on any atom is 0.341 e. The van der Waals surface area contributed by atoms with Crippen LogP contribution < -0.4 is 4.74 Å². The molecule has 1 aromatic heterocycles. The van der Waals surface area contributed by atoms with Crippen LogP contribution in [0.4, 0.5) is 4.39 Å². The van der Waals surface area contributed by atoms with Crippen LogP contribution in [0.3, 0.4) is 0 Å². The zero-order valence-corrected chi connectivity index (χ0v) is 23.9. The number of amides is 1. The summed E-state index contributed by atoms with van der Waals surface area (Å²) < 4.78 is 20.8. The van der Waals surface area contributed by atoms with E-state index in [9.17, 15) is 14.0 Å². The number of likely N-dealkylation sites (tertiary alicyclic amines) is 2. The number of rotatable bonds is 9. The van der Waals surface area contributed by atoms with Crippen molar-refractivity contribution < 1.29 is 23.8 Å². The van der Waals surface area contributed by atoms with Crippen molar-refractivity contribution in [3.63, 3.8) is 0 Å². The molecular formula is C34H35FN4O4. The fourth-order valence-corrected chi connectivity index (χ4v) is 6.27. The number of benzene rings is 3. The van der Waals surface area contributed by atoms with Crippen molar-refractivity contribution in [2.45, 2.75) is 37.6 Å². The highest BCUT2D eigenvalue weighted by Crippen LogP contribution is 2.35. The Hall–Kier alpha value is -4.50. The summed E-state index contributed by atoms with van der Waals surface area (Å²) in [5, 5.41) is 13.5. The van der Waals surface area contributed by atoms with E-state index in [1.807, 2.05) is 39.9 Å². The number of hydrogen-bond acceptors (Lipinski definition) is 5. The van der Waals surface area contributed by atoms with E-state index in [2.05, 4.69) is 22.1 Å². The Kier molecular flexibility index (Phi) is 8.51. The van der Waals surface area contributed by atoms with Gasteiger partial charge in [-0.1, -0.05) is 42.5 Å². The average molecular weight is 583 g/mol. The van der Waals surface area contributed by atoms with Crippen LogP contribution in [0, 0.1) is 5.82 Å². The Morgan fingerprint density at radius 2 is 1.58 bits per heavy atom. The summed E-state index contributed by atoms with van der Waals surface area (Å²) >= 11 is 0. The molecule has 3 heterocycles. The van der Waals surface area contributed by atoms with E-state index in [0.29, 0.717) is 30.3 Å². The lowest BCUT2D eigenvalue weighted by atomic mass is 9.90. The highest BCUT2D eigenvalue weighted by atomic mass is 19.1. The molecular weight excluding hydrogens is 547 g/mol. The summed E-state index contributed by atoms with van der Waals surface area (Å²) in [5.74, 6) is -0.329. The van der Waals surface area contributed by atoms with Crippen LogP contribution >= 0.6 is 0 Å². The third-order valence-corrected chi connectivity index (χ3v) is 8.52. The van der Waals surface area contributed by atoms with Gasteiger partial charge in [0.2, 0.25) is 0 Å². The van der Waals surface area contributed by atoms with E-state index < -0.39 is 5.97 Å². The van der Waals surface area contributed by atoms with E-state index in [1.165, 1.54) is 17.7 Å². The molecule has 1 N–H and O–H groups in total. The first-order valence-electron chi connectivity index (χ1n) is 14.8. The van der Waals surface area contributed by atoms with E-state index in [0.717, 1.165) is 55.8 Å². The molecule has 6 rings (SSSR count). The van der Waals surface area contributed by atoms with Gasteiger partial charge in [0.1, 0.15) is 11.6 Å². The van der Waals surface area contributed by atoms with Crippen LogP contribution in [0.15, 0.2) is 85.1 Å². The zero-order chi connectivity index (χ0) is 29.8. The van der Waals surface area contributed by atoms with Crippen LogP contribution in [-0.4, -0.2) is 69.3 Å². The minimum Gasteiger partial charge on any atom is -0.482 e. The molecule has 0 saturated carbocycles. The van der Waals surface area contributed by atoms with Crippen LogP contribution in [0.1, 0.15) is 58.3 Å². The van der Waals surface area contributed by atoms with Gasteiger partial charge >= 0.3 is 5.97 Å². The fraction of sp³-hybridized carbons (Fsp3) is 0.324. The molecule has 222 valence electrons. The molecule has 3 aromatic carbocycles. The van der Waals surface area contributed by atoms with Crippen molar-refractivity contribution in [2.75, 3.05) is 32.8 Å². The Morgan fingerprint density at radius 3 is 2.28 bits per heavy atom. The van der Waals surface area contributed by atoms with Crippen LogP contribution in [0.2, 0.25) is 0 Å². The maximum atomic E-state index is 14.0. The number of carboxylic acid groups (broad SMARTS) is 1. The van der Waals surface area contributed by atoms with E-state index >= 15 is 0 Å². The molecule has 9 heteroatoms. The van der Waals surface area contributed by atoms with Crippen molar-refractivity contribution in [1.82, 2.24) is 19.6 Å². The number of hydrogen-bond donors (Lipinski definition) is 1. The number of halogens is 1. The minimum absolute atomic E-state index is 0.00873. The Bertz CT molecular complexity index is 1550. The summed E-state index contributed by atoms with van der Waals surface area (Å²) in [6, 6.07) is 24.1. The number of piperidine rings is 1. The Balaban J connectivity index is 1.17. The van der Waals surface area contributed by atoms with Gasteiger partial charge in [-0.25, -0.2) is 13.9 Å². The van der Waals surface area contributed by atoms with Gasteiger partial charge in [0.15, 0.2) is 6.61 Å². The highest BCUT2D eigenvalue weighted by Gasteiger charge is 2.34. The van der Waals surface area contributed by atoms with Crippen LogP contribution in [-0.2, 0) is 11.3 Å². The van der Waals surface area contributed by atoms with Gasteiger partial charge in [-0.15, -0.1) is 0 Å². The topological polar surface area (TPSA) is 87.9 Å². The number of carbonyl (C=O) groups is 2. The summed E-state index contributed by atoms with van der Waals surface area (Å²) in [6.07, 6.45) is 4.35. The van der Waals surface area contributed by atoms with Gasteiger partial charge < -0.3 is 14.7 Å². The molecule has 2 saturated heterocycles. The van der Waals surface area contributed by atoms with E-state index in [1.54, 1.807) is 30.5 Å². The minimum atomic E-state index is -1.01. The molecule has 43 heavy (non-hydrogen) atoms. The molecule has 4 aromatic rings. The van der Waals surface area contributed by atoms with Gasteiger partial charge in [0, 0.05) is 31.5 Å². The first-order valence-corrected chi connectivity index (χ1v) is 14.8. The average Bonchev–Trinajstić information content (AvgIpc) is 3.70. The normalized spacial score (nSPS) is 17.7. The number of aliphatic carboxylic acids is 1. The van der Waals surface area contributed by atoms with Crippen molar-refractivity contribution in [1.29, 1.82) is 0 Å². The molecule has 8 nitrogen and oxygen atoms in total. The number of aromatic nitrogens is 2. The van der Waals surface area contributed by atoms with E-state index in [4.69, 9.17) is 9.84 Å². The number of carboxylic acids is 1. The van der Waals surface area contributed by atoms with Gasteiger partial charge in [-0.3, -0.25) is 9.69 Å². The second-order valence-corrected chi connectivity index (χ2v) is 11.4. The summed E-state index contributed by atoms with van der Waals surface area (Å²) in [5.41, 5.74) is 4.66. The monoisotopic (exact) mass is 582 g/mol. The fourth-order valence-electron chi connectivity index (χ4n) is 6.27. The third-order valence-electron chi connectivity index (χ3n) is 8.52. The lowest BCUT2D eigenvalue weighted by Crippen LogP contribution is -2.34. The number of carbonyl (C=O) groups excluding carboxylic acids is 1. The standard InChI is InChI=1S/C34H35FN4O4/c35-28-8-10-29(11-9-28)39-33(31(20-36-39)34(42)38-19-16-27(22-38)25-4-2-1-3-5-25)26-14-17-37(18-15-26)21-24-6-12-30(13-7-24)43-23-32(40)41/h1-13,20,26-27H,14-19,21-23H2,(H,40,41). The van der Waals surface area contributed by atoms with Crippen molar-refractivity contribution >= 4 is 11.9 Å². The molecule has 2 fully saturated rings. The van der Waals surface area contributed by atoms with E-state index in [-0.39, 0.29) is 24.2 Å². The number of ether oxygens (including phenoxy) is 1. The molecule has 1 amide bonds. The Labute approximate surface area is 250 Å². The predicted molar refractivity (Wildman–Crippen MR) is 160 cm³/mol. The van der Waals surface area contributed by atoms with Gasteiger partial charge in [0.25, 0.3) is 5.91 Å². The number of nitrogens with zero attached hydrogens (tertiary/aromatic N) is 4. The van der Waals surface area contributed by atoms with Crippen molar-refractivity contribution in [3.8, 4) is 11.4 Å². The summed E-state index contributed by atoms with van der Waals surface area (Å²) in [6.45, 7) is 3.50. The van der Waals surface area contributed by atoms with Gasteiger partial charge in [0.05, 0.1) is 23.1 Å². The first kappa shape index (κ1) is 28.6. The van der Waals surface area contributed by atoms with Crippen molar-refractivity contribution in [2.24, 2.45) is 0 Å². The van der Waals surface area contributed by atoms with Gasteiger partial charge in [-0.05, 0) is 79.9 Å². The summed E-state index contributed by atoms with van der Waals surface area (Å²) in [7, 11) is 0. The molecule has 0 bridgehead atoms. The second-order valence-electron chi connectivity index (χ2n) is 11.4. The molecule has 2 aliphatic rings. The maximum absolute atomic E-state index is 14.0. The molecule has 1 unspecified atom stereocenters.